The van der Waals surface area contributed by atoms with E-state index in [0.29, 0.717) is 16.9 Å². The maximum atomic E-state index is 13.2. The van der Waals surface area contributed by atoms with Crippen molar-refractivity contribution in [2.45, 2.75) is 20.3 Å². The molecule has 0 aliphatic carbocycles. The van der Waals surface area contributed by atoms with Gasteiger partial charge in [-0.2, -0.15) is 0 Å². The lowest BCUT2D eigenvalue weighted by atomic mass is 10.0. The van der Waals surface area contributed by atoms with Gasteiger partial charge in [-0.3, -0.25) is 9.69 Å². The van der Waals surface area contributed by atoms with Crippen molar-refractivity contribution in [2.75, 3.05) is 12.0 Å². The van der Waals surface area contributed by atoms with Crippen LogP contribution in [-0.4, -0.2) is 30.1 Å². The molecule has 148 valence electrons. The first kappa shape index (κ1) is 20.1. The van der Waals surface area contributed by atoms with Gasteiger partial charge in [0.05, 0.1) is 23.8 Å². The first-order valence-corrected chi connectivity index (χ1v) is 9.16. The third-order valence-electron chi connectivity index (χ3n) is 4.88. The van der Waals surface area contributed by atoms with Gasteiger partial charge in [-0.25, -0.2) is 9.59 Å². The molecule has 0 unspecified atom stereocenters. The van der Waals surface area contributed by atoms with Crippen LogP contribution >= 0.6 is 0 Å². The SMILES string of the molecule is CCc1ccc(N2C(=O)/C(=C\c3ccccc3C(=O)O)C(C(=O)OC)=C2C)cc1. The van der Waals surface area contributed by atoms with Crippen LogP contribution in [0, 0.1) is 0 Å². The van der Waals surface area contributed by atoms with Gasteiger partial charge >= 0.3 is 11.9 Å². The molecule has 6 nitrogen and oxygen atoms in total. The van der Waals surface area contributed by atoms with Crippen molar-refractivity contribution in [3.05, 3.63) is 82.1 Å². The Bertz CT molecular complexity index is 1050. The summed E-state index contributed by atoms with van der Waals surface area (Å²) < 4.78 is 4.89. The van der Waals surface area contributed by atoms with Gasteiger partial charge in [-0.1, -0.05) is 37.3 Å². The summed E-state index contributed by atoms with van der Waals surface area (Å²) in [6.45, 7) is 3.71. The first-order chi connectivity index (χ1) is 13.9. The van der Waals surface area contributed by atoms with Crippen LogP contribution in [0.25, 0.3) is 6.08 Å². The van der Waals surface area contributed by atoms with E-state index in [0.717, 1.165) is 12.0 Å². The van der Waals surface area contributed by atoms with Crippen LogP contribution < -0.4 is 4.90 Å². The number of nitrogens with zero attached hydrogens (tertiary/aromatic N) is 1. The molecule has 3 rings (SSSR count). The van der Waals surface area contributed by atoms with Crippen LogP contribution in [0.5, 0.6) is 0 Å². The van der Waals surface area contributed by atoms with Crippen molar-refractivity contribution < 1.29 is 24.2 Å². The predicted octanol–water partition coefficient (Wildman–Crippen LogP) is 3.82. The summed E-state index contributed by atoms with van der Waals surface area (Å²) in [5.74, 6) is -2.18. The number of hydrogen-bond donors (Lipinski definition) is 1. The minimum atomic E-state index is -1.12. The van der Waals surface area contributed by atoms with Gasteiger partial charge in [0.2, 0.25) is 0 Å². The minimum absolute atomic E-state index is 0.0421. The summed E-state index contributed by atoms with van der Waals surface area (Å²) in [7, 11) is 1.24. The molecule has 0 spiro atoms. The van der Waals surface area contributed by atoms with Crippen molar-refractivity contribution in [2.24, 2.45) is 0 Å². The Hall–Kier alpha value is -3.67. The Kier molecular flexibility index (Phi) is 5.64. The second-order valence-corrected chi connectivity index (χ2v) is 6.56. The van der Waals surface area contributed by atoms with E-state index in [9.17, 15) is 19.5 Å². The third kappa shape index (κ3) is 3.69. The van der Waals surface area contributed by atoms with Crippen LogP contribution in [0.15, 0.2) is 65.4 Å². The molecule has 2 aromatic rings. The quantitative estimate of drug-likeness (QED) is 0.619. The Labute approximate surface area is 168 Å². The van der Waals surface area contributed by atoms with E-state index in [-0.39, 0.29) is 16.7 Å². The number of aryl methyl sites for hydroxylation is 1. The molecular formula is C23H21NO5. The highest BCUT2D eigenvalue weighted by Crippen LogP contribution is 2.35. The van der Waals surface area contributed by atoms with E-state index in [1.165, 1.54) is 24.2 Å². The van der Waals surface area contributed by atoms with E-state index in [1.807, 2.05) is 31.2 Å². The number of carbonyl (C=O) groups is 3. The summed E-state index contributed by atoms with van der Waals surface area (Å²) >= 11 is 0. The van der Waals surface area contributed by atoms with E-state index in [1.54, 1.807) is 25.1 Å². The number of aromatic carboxylic acids is 1. The highest BCUT2D eigenvalue weighted by molar-refractivity contribution is 6.24. The molecule has 1 aliphatic rings. The molecule has 0 saturated carbocycles. The molecular weight excluding hydrogens is 370 g/mol. The van der Waals surface area contributed by atoms with E-state index in [2.05, 4.69) is 0 Å². The topological polar surface area (TPSA) is 83.9 Å². The largest absolute Gasteiger partial charge is 0.478 e. The fraction of sp³-hybridized carbons (Fsp3) is 0.174. The van der Waals surface area contributed by atoms with Gasteiger partial charge in [-0.05, 0) is 48.7 Å². The molecule has 1 N–H and O–H groups in total. The Balaban J connectivity index is 2.16. The molecule has 0 aromatic heterocycles. The summed E-state index contributed by atoms with van der Waals surface area (Å²) in [5, 5.41) is 9.43. The molecule has 0 radical (unpaired) electrons. The average molecular weight is 391 g/mol. The van der Waals surface area contributed by atoms with E-state index >= 15 is 0 Å². The molecule has 29 heavy (non-hydrogen) atoms. The lowest BCUT2D eigenvalue weighted by Gasteiger charge is -2.18. The number of hydrogen-bond acceptors (Lipinski definition) is 4. The van der Waals surface area contributed by atoms with Crippen LogP contribution in [0.4, 0.5) is 5.69 Å². The molecule has 0 bridgehead atoms. The molecule has 6 heteroatoms. The van der Waals surface area contributed by atoms with Crippen molar-refractivity contribution in [1.82, 2.24) is 0 Å². The van der Waals surface area contributed by atoms with Crippen molar-refractivity contribution in [3.63, 3.8) is 0 Å². The average Bonchev–Trinajstić information content (AvgIpc) is 2.97. The van der Waals surface area contributed by atoms with Crippen molar-refractivity contribution >= 4 is 29.6 Å². The smallest absolute Gasteiger partial charge is 0.340 e. The summed E-state index contributed by atoms with van der Waals surface area (Å²) in [4.78, 5) is 38.7. The van der Waals surface area contributed by atoms with E-state index in [4.69, 9.17) is 4.74 Å². The van der Waals surface area contributed by atoms with Gasteiger partial charge < -0.3 is 9.84 Å². The fourth-order valence-electron chi connectivity index (χ4n) is 3.34. The number of anilines is 1. The number of allylic oxidation sites excluding steroid dienone is 1. The van der Waals surface area contributed by atoms with Crippen molar-refractivity contribution in [3.8, 4) is 0 Å². The zero-order chi connectivity index (χ0) is 21.1. The summed E-state index contributed by atoms with van der Waals surface area (Å²) in [6, 6.07) is 13.8. The number of benzene rings is 2. The highest BCUT2D eigenvalue weighted by Gasteiger charge is 2.38. The first-order valence-electron chi connectivity index (χ1n) is 9.16. The lowest BCUT2D eigenvalue weighted by Crippen LogP contribution is -2.24. The van der Waals surface area contributed by atoms with Gasteiger partial charge in [0, 0.05) is 11.4 Å². The van der Waals surface area contributed by atoms with Gasteiger partial charge in [0.15, 0.2) is 0 Å². The molecule has 0 atom stereocenters. The van der Waals surface area contributed by atoms with Crippen LogP contribution in [0.2, 0.25) is 0 Å². The molecule has 1 aliphatic heterocycles. The lowest BCUT2D eigenvalue weighted by molar-refractivity contribution is -0.136. The second kappa shape index (κ2) is 8.14. The van der Waals surface area contributed by atoms with Crippen LogP contribution in [0.1, 0.15) is 35.3 Å². The van der Waals surface area contributed by atoms with E-state index < -0.39 is 17.8 Å². The summed E-state index contributed by atoms with van der Waals surface area (Å²) in [6.07, 6.45) is 2.30. The van der Waals surface area contributed by atoms with Gasteiger partial charge in [0.1, 0.15) is 0 Å². The zero-order valence-corrected chi connectivity index (χ0v) is 16.4. The van der Waals surface area contributed by atoms with Gasteiger partial charge in [-0.15, -0.1) is 0 Å². The molecule has 1 amide bonds. The summed E-state index contributed by atoms with van der Waals surface area (Å²) in [5.41, 5.74) is 2.79. The predicted molar refractivity (Wildman–Crippen MR) is 109 cm³/mol. The Morgan fingerprint density at radius 2 is 1.76 bits per heavy atom. The molecule has 2 aromatic carbocycles. The third-order valence-corrected chi connectivity index (χ3v) is 4.88. The number of carboxylic acids is 1. The fourth-order valence-corrected chi connectivity index (χ4v) is 3.34. The maximum absolute atomic E-state index is 13.2. The molecule has 0 saturated heterocycles. The zero-order valence-electron chi connectivity index (χ0n) is 16.4. The number of ether oxygens (including phenoxy) is 1. The number of carbonyl (C=O) groups excluding carboxylic acids is 2. The van der Waals surface area contributed by atoms with Crippen LogP contribution in [0.3, 0.4) is 0 Å². The Morgan fingerprint density at radius 1 is 1.10 bits per heavy atom. The molecule has 0 fully saturated rings. The number of carboxylic acid groups (broad SMARTS) is 1. The number of methoxy groups -OCH3 is 1. The molecule has 1 heterocycles. The Morgan fingerprint density at radius 3 is 2.34 bits per heavy atom. The highest BCUT2D eigenvalue weighted by atomic mass is 16.5. The second-order valence-electron chi connectivity index (χ2n) is 6.56. The monoisotopic (exact) mass is 391 g/mol. The number of esters is 1. The van der Waals surface area contributed by atoms with Crippen LogP contribution in [-0.2, 0) is 20.7 Å². The maximum Gasteiger partial charge on any atom is 0.340 e. The standard InChI is InChI=1S/C23H21NO5/c1-4-15-9-11-17(12-10-15)24-14(2)20(23(28)29-3)19(21(24)25)13-16-7-5-6-8-18(16)22(26)27/h5-13H,4H2,1-3H3,(H,26,27)/b19-13-. The minimum Gasteiger partial charge on any atom is -0.478 e. The number of rotatable bonds is 5. The van der Waals surface area contributed by atoms with Gasteiger partial charge in [0.25, 0.3) is 5.91 Å². The number of amides is 1. The normalized spacial score (nSPS) is 15.2. The van der Waals surface area contributed by atoms with Crippen molar-refractivity contribution in [1.29, 1.82) is 0 Å².